The van der Waals surface area contributed by atoms with Gasteiger partial charge < -0.3 is 8.60 Å². The molecule has 0 fully saturated rings. The molecular formula is C16H11ClO5S. The molecule has 0 aliphatic heterocycles. The van der Waals surface area contributed by atoms with E-state index in [1.54, 1.807) is 25.1 Å². The number of aryl methyl sites for hydroxylation is 1. The van der Waals surface area contributed by atoms with Gasteiger partial charge in [0.15, 0.2) is 0 Å². The van der Waals surface area contributed by atoms with Crippen LogP contribution in [0.15, 0.2) is 62.6 Å². The lowest BCUT2D eigenvalue weighted by atomic mass is 10.2. The summed E-state index contributed by atoms with van der Waals surface area (Å²) in [7, 11) is -4.04. The smallest absolute Gasteiger partial charge is 0.339 e. The zero-order chi connectivity index (χ0) is 16.6. The molecule has 0 atom stereocenters. The Morgan fingerprint density at radius 3 is 2.52 bits per heavy atom. The molecule has 0 spiro atoms. The van der Waals surface area contributed by atoms with Crippen molar-refractivity contribution < 1.29 is 17.0 Å². The molecule has 0 saturated heterocycles. The van der Waals surface area contributed by atoms with Crippen LogP contribution in [0, 0.1) is 6.92 Å². The number of halogens is 1. The fourth-order valence-corrected chi connectivity index (χ4v) is 3.19. The molecule has 23 heavy (non-hydrogen) atoms. The lowest BCUT2D eigenvalue weighted by molar-refractivity contribution is 0.485. The number of rotatable bonds is 3. The molecule has 2 aromatic carbocycles. The van der Waals surface area contributed by atoms with Gasteiger partial charge in [-0.05, 0) is 42.8 Å². The molecule has 0 unspecified atom stereocenters. The van der Waals surface area contributed by atoms with Crippen LogP contribution in [0.3, 0.4) is 0 Å². The minimum atomic E-state index is -4.04. The summed E-state index contributed by atoms with van der Waals surface area (Å²) < 4.78 is 34.7. The van der Waals surface area contributed by atoms with E-state index in [4.69, 9.17) is 20.2 Å². The Morgan fingerprint density at radius 1 is 1.04 bits per heavy atom. The van der Waals surface area contributed by atoms with Gasteiger partial charge in [0.05, 0.1) is 0 Å². The summed E-state index contributed by atoms with van der Waals surface area (Å²) in [6.45, 7) is 1.77. The van der Waals surface area contributed by atoms with E-state index in [9.17, 15) is 13.2 Å². The first kappa shape index (κ1) is 15.6. The fourth-order valence-electron chi connectivity index (χ4n) is 2.00. The van der Waals surface area contributed by atoms with Crippen LogP contribution in [0.4, 0.5) is 0 Å². The summed E-state index contributed by atoms with van der Waals surface area (Å²) >= 11 is 5.95. The van der Waals surface area contributed by atoms with E-state index in [-0.39, 0.29) is 16.2 Å². The van der Waals surface area contributed by atoms with Gasteiger partial charge in [0.25, 0.3) is 0 Å². The maximum Gasteiger partial charge on any atom is 0.339 e. The Morgan fingerprint density at radius 2 is 1.78 bits per heavy atom. The van der Waals surface area contributed by atoms with Crippen molar-refractivity contribution in [2.45, 2.75) is 11.8 Å². The van der Waals surface area contributed by atoms with Crippen LogP contribution >= 0.6 is 11.6 Å². The highest BCUT2D eigenvalue weighted by Crippen LogP contribution is 2.25. The van der Waals surface area contributed by atoms with Crippen molar-refractivity contribution >= 4 is 32.7 Å². The van der Waals surface area contributed by atoms with Gasteiger partial charge in [0.1, 0.15) is 16.2 Å². The highest BCUT2D eigenvalue weighted by Gasteiger charge is 2.18. The Kier molecular flexibility index (Phi) is 3.87. The second-order valence-corrected chi connectivity index (χ2v) is 6.86. The summed E-state index contributed by atoms with van der Waals surface area (Å²) in [5.41, 5.74) is 0.480. The van der Waals surface area contributed by atoms with Crippen molar-refractivity contribution in [3.63, 3.8) is 0 Å². The molecule has 7 heteroatoms. The van der Waals surface area contributed by atoms with Crippen molar-refractivity contribution in [1.82, 2.24) is 0 Å². The van der Waals surface area contributed by atoms with E-state index in [2.05, 4.69) is 0 Å². The standard InChI is InChI=1S/C16H11ClO5S/c1-10-2-6-13(9-14(10)17)23(19,20)22-12-5-3-11-4-7-16(18)21-15(11)8-12/h2-9H,1H3. The van der Waals surface area contributed by atoms with Gasteiger partial charge >= 0.3 is 15.7 Å². The quantitative estimate of drug-likeness (QED) is 0.533. The van der Waals surface area contributed by atoms with Crippen molar-refractivity contribution in [3.05, 3.63) is 69.5 Å². The Bertz CT molecular complexity index is 1050. The van der Waals surface area contributed by atoms with Crippen LogP contribution in [0.25, 0.3) is 11.0 Å². The SMILES string of the molecule is Cc1ccc(S(=O)(=O)Oc2ccc3ccc(=O)oc3c2)cc1Cl. The molecule has 0 N–H and O–H groups in total. The summed E-state index contributed by atoms with van der Waals surface area (Å²) in [6.07, 6.45) is 0. The van der Waals surface area contributed by atoms with E-state index < -0.39 is 15.7 Å². The minimum absolute atomic E-state index is 0.0450. The van der Waals surface area contributed by atoms with Crippen LogP contribution in [0.1, 0.15) is 5.56 Å². The predicted molar refractivity (Wildman–Crippen MR) is 86.5 cm³/mol. The molecule has 0 aliphatic carbocycles. The zero-order valence-corrected chi connectivity index (χ0v) is 13.5. The maximum atomic E-state index is 12.3. The van der Waals surface area contributed by atoms with Gasteiger partial charge in [-0.1, -0.05) is 17.7 Å². The predicted octanol–water partition coefficient (Wildman–Crippen LogP) is 3.52. The molecule has 0 bridgehead atoms. The van der Waals surface area contributed by atoms with Crippen LogP contribution in [-0.4, -0.2) is 8.42 Å². The second-order valence-electron chi connectivity index (χ2n) is 4.90. The van der Waals surface area contributed by atoms with Crippen LogP contribution < -0.4 is 9.81 Å². The monoisotopic (exact) mass is 350 g/mol. The highest BCUT2D eigenvalue weighted by molar-refractivity contribution is 7.87. The summed E-state index contributed by atoms with van der Waals surface area (Å²) in [6, 6.07) is 11.6. The molecule has 118 valence electrons. The average molecular weight is 351 g/mol. The average Bonchev–Trinajstić information content (AvgIpc) is 2.49. The molecule has 0 aliphatic rings. The fraction of sp³-hybridized carbons (Fsp3) is 0.0625. The van der Waals surface area contributed by atoms with Gasteiger partial charge in [0, 0.05) is 22.5 Å². The van der Waals surface area contributed by atoms with Gasteiger partial charge in [-0.15, -0.1) is 0 Å². The normalized spacial score (nSPS) is 11.6. The third kappa shape index (κ3) is 3.23. The van der Waals surface area contributed by atoms with Crippen LogP contribution in [0.2, 0.25) is 5.02 Å². The molecule has 0 amide bonds. The minimum Gasteiger partial charge on any atom is -0.423 e. The summed E-state index contributed by atoms with van der Waals surface area (Å²) in [5.74, 6) is 0.0450. The first-order valence-electron chi connectivity index (χ1n) is 6.60. The van der Waals surface area contributed by atoms with Gasteiger partial charge in [-0.25, -0.2) is 4.79 Å². The molecule has 3 aromatic rings. The van der Waals surface area contributed by atoms with Gasteiger partial charge in [-0.3, -0.25) is 0 Å². The molecule has 1 heterocycles. The first-order chi connectivity index (χ1) is 10.8. The lowest BCUT2D eigenvalue weighted by Gasteiger charge is -2.08. The van der Waals surface area contributed by atoms with Crippen LogP contribution in [0.5, 0.6) is 5.75 Å². The number of benzene rings is 2. The van der Waals surface area contributed by atoms with Gasteiger partial charge in [-0.2, -0.15) is 8.42 Å². The molecule has 0 saturated carbocycles. The zero-order valence-electron chi connectivity index (χ0n) is 11.9. The van der Waals surface area contributed by atoms with Crippen LogP contribution in [-0.2, 0) is 10.1 Å². The third-order valence-electron chi connectivity index (χ3n) is 3.23. The lowest BCUT2D eigenvalue weighted by Crippen LogP contribution is -2.10. The van der Waals surface area contributed by atoms with Crippen molar-refractivity contribution in [2.75, 3.05) is 0 Å². The summed E-state index contributed by atoms with van der Waals surface area (Å²) in [5, 5.41) is 0.993. The van der Waals surface area contributed by atoms with Crippen molar-refractivity contribution in [2.24, 2.45) is 0 Å². The topological polar surface area (TPSA) is 73.6 Å². The highest BCUT2D eigenvalue weighted by atomic mass is 35.5. The largest absolute Gasteiger partial charge is 0.423 e. The molecule has 1 aromatic heterocycles. The molecule has 5 nitrogen and oxygen atoms in total. The van der Waals surface area contributed by atoms with E-state index in [1.165, 1.54) is 30.3 Å². The maximum absolute atomic E-state index is 12.3. The van der Waals surface area contributed by atoms with E-state index in [0.717, 1.165) is 5.56 Å². The van der Waals surface area contributed by atoms with E-state index >= 15 is 0 Å². The van der Waals surface area contributed by atoms with E-state index in [1.807, 2.05) is 0 Å². The molecule has 0 radical (unpaired) electrons. The van der Waals surface area contributed by atoms with E-state index in [0.29, 0.717) is 10.4 Å². The van der Waals surface area contributed by atoms with Crippen molar-refractivity contribution in [3.8, 4) is 5.75 Å². The molecular weight excluding hydrogens is 340 g/mol. The van der Waals surface area contributed by atoms with Gasteiger partial charge in [0.2, 0.25) is 0 Å². The number of fused-ring (bicyclic) bond motifs is 1. The Labute approximate surface area is 137 Å². The number of hydrogen-bond donors (Lipinski definition) is 0. The molecule has 3 rings (SSSR count). The second kappa shape index (κ2) is 5.72. The first-order valence-corrected chi connectivity index (χ1v) is 8.38. The Balaban J connectivity index is 1.99. The number of hydrogen-bond acceptors (Lipinski definition) is 5. The third-order valence-corrected chi connectivity index (χ3v) is 4.88. The van der Waals surface area contributed by atoms with Crippen molar-refractivity contribution in [1.29, 1.82) is 0 Å². The summed E-state index contributed by atoms with van der Waals surface area (Å²) in [4.78, 5) is 11.2. The Hall–Kier alpha value is -2.31.